The number of hydrogen-bond donors (Lipinski definition) is 1. The van der Waals surface area contributed by atoms with E-state index in [1.807, 2.05) is 43.3 Å². The van der Waals surface area contributed by atoms with Crippen LogP contribution in [0.4, 0.5) is 0 Å². The summed E-state index contributed by atoms with van der Waals surface area (Å²) < 4.78 is 5.70. The lowest BCUT2D eigenvalue weighted by molar-refractivity contribution is -0.155. The largest absolute Gasteiger partial charge is 0.459 e. The van der Waals surface area contributed by atoms with Gasteiger partial charge in [0.1, 0.15) is 6.10 Å². The normalized spacial score (nSPS) is 30.1. The fourth-order valence-corrected chi connectivity index (χ4v) is 3.08. The molecule has 0 fully saturated rings. The molecule has 0 saturated carbocycles. The highest BCUT2D eigenvalue weighted by Gasteiger charge is 2.36. The van der Waals surface area contributed by atoms with Crippen molar-refractivity contribution in [2.24, 2.45) is 5.92 Å². The third kappa shape index (κ3) is 3.06. The highest BCUT2D eigenvalue weighted by atomic mass is 16.5. The molecule has 1 heterocycles. The summed E-state index contributed by atoms with van der Waals surface area (Å²) in [6.45, 7) is 1.88. The predicted molar refractivity (Wildman–Crippen MR) is 83.1 cm³/mol. The zero-order valence-corrected chi connectivity index (χ0v) is 12.7. The molecule has 1 aromatic carbocycles. The van der Waals surface area contributed by atoms with Crippen molar-refractivity contribution in [3.63, 3.8) is 0 Å². The topological polar surface area (TPSA) is 55.4 Å². The molecule has 1 aliphatic carbocycles. The average molecular weight is 299 g/mol. The van der Waals surface area contributed by atoms with Gasteiger partial charge in [-0.1, -0.05) is 43.3 Å². The van der Waals surface area contributed by atoms with Crippen LogP contribution in [-0.2, 0) is 20.7 Å². The average Bonchev–Trinajstić information content (AvgIpc) is 2.83. The van der Waals surface area contributed by atoms with Crippen LogP contribution in [0.15, 0.2) is 36.4 Å². The quantitative estimate of drug-likeness (QED) is 0.592. The van der Waals surface area contributed by atoms with E-state index >= 15 is 0 Å². The van der Waals surface area contributed by atoms with Crippen molar-refractivity contribution in [3.05, 3.63) is 47.5 Å². The van der Waals surface area contributed by atoms with Crippen LogP contribution < -0.4 is 5.32 Å². The van der Waals surface area contributed by atoms with E-state index in [0.29, 0.717) is 25.7 Å². The molecule has 116 valence electrons. The number of benzene rings is 1. The smallest absolute Gasteiger partial charge is 0.309 e. The molecule has 22 heavy (non-hydrogen) atoms. The number of carbonyl (C=O) groups is 2. The van der Waals surface area contributed by atoms with Gasteiger partial charge in [-0.15, -0.1) is 0 Å². The van der Waals surface area contributed by atoms with Crippen molar-refractivity contribution in [2.45, 2.75) is 44.8 Å². The standard InChI is InChI=1S/C18H21NO3/c1-12-7-3-2-4-10-16(20)19-17-14-9-6-5-8-13(14)11-15(17)22-18(12)21/h2-3,5-6,8-9,12,15,17H,4,7,10-11H2,1H3,(H,19,20)/b3-2+/t12-,15-,17-/m1/s1. The molecule has 1 amide bonds. The molecule has 0 unspecified atom stereocenters. The van der Waals surface area contributed by atoms with Crippen LogP contribution in [0.25, 0.3) is 0 Å². The lowest BCUT2D eigenvalue weighted by atomic mass is 10.1. The molecule has 1 aliphatic heterocycles. The summed E-state index contributed by atoms with van der Waals surface area (Å²) in [5.41, 5.74) is 2.21. The number of ether oxygens (including phenoxy) is 1. The van der Waals surface area contributed by atoms with Crippen molar-refractivity contribution in [2.75, 3.05) is 0 Å². The van der Waals surface area contributed by atoms with Gasteiger partial charge in [0.15, 0.2) is 0 Å². The van der Waals surface area contributed by atoms with Crippen LogP contribution in [0.5, 0.6) is 0 Å². The lowest BCUT2D eigenvalue weighted by Crippen LogP contribution is -2.37. The Morgan fingerprint density at radius 2 is 2.00 bits per heavy atom. The lowest BCUT2D eigenvalue weighted by Gasteiger charge is -2.24. The molecule has 2 aliphatic rings. The highest BCUT2D eigenvalue weighted by Crippen LogP contribution is 2.34. The van der Waals surface area contributed by atoms with Gasteiger partial charge in [-0.05, 0) is 24.0 Å². The number of amides is 1. The molecule has 3 atom stereocenters. The Labute approximate surface area is 130 Å². The minimum atomic E-state index is -0.306. The van der Waals surface area contributed by atoms with Crippen LogP contribution in [-0.4, -0.2) is 18.0 Å². The number of hydrogen-bond acceptors (Lipinski definition) is 3. The Balaban J connectivity index is 1.87. The van der Waals surface area contributed by atoms with Crippen molar-refractivity contribution in [1.29, 1.82) is 0 Å². The van der Waals surface area contributed by atoms with E-state index in [9.17, 15) is 9.59 Å². The Morgan fingerprint density at radius 1 is 1.18 bits per heavy atom. The maximum absolute atomic E-state index is 12.2. The summed E-state index contributed by atoms with van der Waals surface area (Å²) in [6.07, 6.45) is 6.10. The first-order valence-corrected chi connectivity index (χ1v) is 7.88. The van der Waals surface area contributed by atoms with Gasteiger partial charge in [0, 0.05) is 12.8 Å². The van der Waals surface area contributed by atoms with Gasteiger partial charge in [-0.25, -0.2) is 0 Å². The fourth-order valence-electron chi connectivity index (χ4n) is 3.08. The molecule has 1 N–H and O–H groups in total. The Hall–Kier alpha value is -2.10. The molecule has 4 nitrogen and oxygen atoms in total. The molecule has 4 heteroatoms. The van der Waals surface area contributed by atoms with Gasteiger partial charge in [0.25, 0.3) is 0 Å². The maximum Gasteiger partial charge on any atom is 0.309 e. The van der Waals surface area contributed by atoms with Crippen molar-refractivity contribution in [3.8, 4) is 0 Å². The first-order valence-electron chi connectivity index (χ1n) is 7.88. The second kappa shape index (κ2) is 6.34. The van der Waals surface area contributed by atoms with Gasteiger partial charge in [-0.2, -0.15) is 0 Å². The van der Waals surface area contributed by atoms with E-state index in [4.69, 9.17) is 4.74 Å². The Bertz CT molecular complexity index is 608. The van der Waals surface area contributed by atoms with E-state index in [-0.39, 0.29) is 29.9 Å². The van der Waals surface area contributed by atoms with Crippen molar-refractivity contribution in [1.82, 2.24) is 5.32 Å². The molecule has 0 aromatic heterocycles. The number of fused-ring (bicyclic) bond motifs is 3. The SMILES string of the molecule is C[C@@H]1C/C=C/CCC(=O)N[C@@H]2c3ccccc3C[C@H]2OC1=O. The molecule has 0 radical (unpaired) electrons. The minimum absolute atomic E-state index is 0.000948. The van der Waals surface area contributed by atoms with Crippen molar-refractivity contribution >= 4 is 11.9 Å². The third-order valence-corrected chi connectivity index (χ3v) is 4.36. The van der Waals surface area contributed by atoms with E-state index in [1.165, 1.54) is 0 Å². The van der Waals surface area contributed by atoms with Crippen LogP contribution in [0, 0.1) is 5.92 Å². The molecular formula is C18H21NO3. The van der Waals surface area contributed by atoms with Crippen molar-refractivity contribution < 1.29 is 14.3 Å². The first-order chi connectivity index (χ1) is 10.6. The molecule has 0 spiro atoms. The van der Waals surface area contributed by atoms with E-state index in [0.717, 1.165) is 11.1 Å². The second-order valence-corrected chi connectivity index (χ2v) is 6.07. The zero-order chi connectivity index (χ0) is 15.5. The van der Waals surface area contributed by atoms with Crippen LogP contribution in [0.1, 0.15) is 43.4 Å². The number of nitrogens with one attached hydrogen (secondary N) is 1. The van der Waals surface area contributed by atoms with E-state index < -0.39 is 0 Å². The molecule has 0 bridgehead atoms. The number of esters is 1. The fraction of sp³-hybridized carbons (Fsp3) is 0.444. The monoisotopic (exact) mass is 299 g/mol. The number of allylic oxidation sites excluding steroid dienone is 2. The summed E-state index contributed by atoms with van der Waals surface area (Å²) in [6, 6.07) is 7.73. The summed E-state index contributed by atoms with van der Waals surface area (Å²) >= 11 is 0. The highest BCUT2D eigenvalue weighted by molar-refractivity contribution is 5.77. The summed E-state index contributed by atoms with van der Waals surface area (Å²) in [7, 11) is 0. The summed E-state index contributed by atoms with van der Waals surface area (Å²) in [5.74, 6) is -0.348. The van der Waals surface area contributed by atoms with Gasteiger partial charge >= 0.3 is 5.97 Å². The van der Waals surface area contributed by atoms with Gasteiger partial charge in [0.05, 0.1) is 12.0 Å². The molecule has 3 rings (SSSR count). The van der Waals surface area contributed by atoms with Gasteiger partial charge < -0.3 is 10.1 Å². The third-order valence-electron chi connectivity index (χ3n) is 4.36. The van der Waals surface area contributed by atoms with Crippen LogP contribution >= 0.6 is 0 Å². The molecule has 0 saturated heterocycles. The van der Waals surface area contributed by atoms with Gasteiger partial charge in [-0.3, -0.25) is 9.59 Å². The minimum Gasteiger partial charge on any atom is -0.459 e. The van der Waals surface area contributed by atoms with E-state index in [2.05, 4.69) is 5.32 Å². The molecule has 1 aromatic rings. The zero-order valence-electron chi connectivity index (χ0n) is 12.7. The second-order valence-electron chi connectivity index (χ2n) is 6.07. The van der Waals surface area contributed by atoms with Crippen LogP contribution in [0.2, 0.25) is 0 Å². The van der Waals surface area contributed by atoms with Crippen LogP contribution in [0.3, 0.4) is 0 Å². The van der Waals surface area contributed by atoms with E-state index in [1.54, 1.807) is 0 Å². The Kier molecular flexibility index (Phi) is 4.27. The summed E-state index contributed by atoms with van der Waals surface area (Å²) in [5, 5.41) is 3.04. The van der Waals surface area contributed by atoms with Gasteiger partial charge in [0.2, 0.25) is 5.91 Å². The maximum atomic E-state index is 12.2. The summed E-state index contributed by atoms with van der Waals surface area (Å²) in [4.78, 5) is 24.3. The first kappa shape index (κ1) is 14.8. The number of carbonyl (C=O) groups excluding carboxylic acids is 2. The number of rotatable bonds is 0. The molecular weight excluding hydrogens is 278 g/mol. The Morgan fingerprint density at radius 3 is 2.86 bits per heavy atom. The predicted octanol–water partition coefficient (Wildman–Crippen LogP) is 2.69.